The summed E-state index contributed by atoms with van der Waals surface area (Å²) in [5.74, 6) is 0.789. The molecular formula is C35H43N3O2. The predicted molar refractivity (Wildman–Crippen MR) is 166 cm³/mol. The highest BCUT2D eigenvalue weighted by atomic mass is 16.6. The van der Waals surface area contributed by atoms with Crippen LogP contribution in [0.15, 0.2) is 79.0 Å². The van der Waals surface area contributed by atoms with Crippen molar-refractivity contribution in [3.05, 3.63) is 95.7 Å². The number of imidazole rings is 1. The SMILES string of the molecule is CCN(C(=O)OCc1ccc(C(C)(C)CC)cc1C(C)(C)CC)c1ccccc1-c1cnc(-c2ccccc2)[nH]1. The molecular weight excluding hydrogens is 494 g/mol. The summed E-state index contributed by atoms with van der Waals surface area (Å²) in [4.78, 5) is 23.2. The number of para-hydroxylation sites is 1. The second kappa shape index (κ2) is 12.1. The monoisotopic (exact) mass is 537 g/mol. The number of amides is 1. The van der Waals surface area contributed by atoms with Crippen molar-refractivity contribution in [3.8, 4) is 22.6 Å². The number of anilines is 1. The molecule has 5 nitrogen and oxygen atoms in total. The van der Waals surface area contributed by atoms with Crippen LogP contribution in [0.3, 0.4) is 0 Å². The fourth-order valence-corrected chi connectivity index (χ4v) is 4.90. The van der Waals surface area contributed by atoms with E-state index < -0.39 is 0 Å². The maximum Gasteiger partial charge on any atom is 0.414 e. The third-order valence-electron chi connectivity index (χ3n) is 8.38. The van der Waals surface area contributed by atoms with Crippen LogP contribution in [0.5, 0.6) is 0 Å². The molecule has 210 valence electrons. The van der Waals surface area contributed by atoms with Crippen LogP contribution in [0.1, 0.15) is 78.0 Å². The van der Waals surface area contributed by atoms with Crippen LogP contribution in [0.2, 0.25) is 0 Å². The molecule has 0 radical (unpaired) electrons. The first-order valence-corrected chi connectivity index (χ1v) is 14.4. The third kappa shape index (κ3) is 6.14. The van der Waals surface area contributed by atoms with Gasteiger partial charge in [0, 0.05) is 17.7 Å². The van der Waals surface area contributed by atoms with Crippen molar-refractivity contribution in [2.24, 2.45) is 0 Å². The molecule has 0 aliphatic rings. The van der Waals surface area contributed by atoms with Gasteiger partial charge in [0.05, 0.1) is 17.6 Å². The van der Waals surface area contributed by atoms with E-state index in [1.807, 2.05) is 67.7 Å². The number of nitrogens with zero attached hydrogens (tertiary/aromatic N) is 2. The number of nitrogens with one attached hydrogen (secondary N) is 1. The highest BCUT2D eigenvalue weighted by molar-refractivity contribution is 5.93. The molecule has 0 bridgehead atoms. The largest absolute Gasteiger partial charge is 0.444 e. The summed E-state index contributed by atoms with van der Waals surface area (Å²) in [5.41, 5.74) is 7.22. The number of H-pyrrole nitrogens is 1. The lowest BCUT2D eigenvalue weighted by atomic mass is 9.75. The number of aromatic amines is 1. The van der Waals surface area contributed by atoms with Gasteiger partial charge in [-0.3, -0.25) is 4.90 Å². The van der Waals surface area contributed by atoms with Crippen LogP contribution in [0.25, 0.3) is 22.6 Å². The summed E-state index contributed by atoms with van der Waals surface area (Å²) in [6.07, 6.45) is 3.50. The molecule has 0 atom stereocenters. The van der Waals surface area contributed by atoms with E-state index in [0.717, 1.165) is 46.7 Å². The summed E-state index contributed by atoms with van der Waals surface area (Å²) in [7, 11) is 0. The Hall–Kier alpha value is -3.86. The number of ether oxygens (including phenoxy) is 1. The molecule has 40 heavy (non-hydrogen) atoms. The van der Waals surface area contributed by atoms with Crippen molar-refractivity contribution in [2.75, 3.05) is 11.4 Å². The fraction of sp³-hybridized carbons (Fsp3) is 0.371. The standard InChI is InChI=1S/C35H43N3O2/c1-8-34(4,5)27-21-20-26(29(22-27)35(6,7)9-2)24-40-33(39)38(10-3)31-19-15-14-18-28(31)30-23-36-32(37-30)25-16-12-11-13-17-25/h11-23H,8-10,24H2,1-7H3,(H,36,37). The van der Waals surface area contributed by atoms with Crippen LogP contribution in [0, 0.1) is 0 Å². The minimum Gasteiger partial charge on any atom is -0.444 e. The van der Waals surface area contributed by atoms with Crippen LogP contribution in [-0.2, 0) is 22.2 Å². The highest BCUT2D eigenvalue weighted by Gasteiger charge is 2.27. The summed E-state index contributed by atoms with van der Waals surface area (Å²) < 4.78 is 5.99. The van der Waals surface area contributed by atoms with Gasteiger partial charge in [-0.1, -0.05) is 108 Å². The van der Waals surface area contributed by atoms with E-state index >= 15 is 0 Å². The Morgan fingerprint density at radius 1 is 0.875 bits per heavy atom. The molecule has 4 rings (SSSR count). The first-order valence-electron chi connectivity index (χ1n) is 14.4. The molecule has 3 aromatic carbocycles. The average molecular weight is 538 g/mol. The topological polar surface area (TPSA) is 58.2 Å². The van der Waals surface area contributed by atoms with E-state index in [1.165, 1.54) is 11.1 Å². The zero-order chi connectivity index (χ0) is 28.9. The Kier molecular flexibility index (Phi) is 8.82. The summed E-state index contributed by atoms with van der Waals surface area (Å²) in [6, 6.07) is 24.5. The van der Waals surface area contributed by atoms with Gasteiger partial charge in [0.1, 0.15) is 12.4 Å². The minimum absolute atomic E-state index is 0.0321. The van der Waals surface area contributed by atoms with E-state index in [0.29, 0.717) is 6.54 Å². The molecule has 0 saturated carbocycles. The first-order chi connectivity index (χ1) is 19.1. The molecule has 0 unspecified atom stereocenters. The minimum atomic E-state index is -0.365. The Labute approximate surface area is 239 Å². The van der Waals surface area contributed by atoms with Gasteiger partial charge in [-0.15, -0.1) is 0 Å². The number of hydrogen-bond acceptors (Lipinski definition) is 3. The zero-order valence-electron chi connectivity index (χ0n) is 25.0. The third-order valence-corrected chi connectivity index (χ3v) is 8.38. The van der Waals surface area contributed by atoms with Gasteiger partial charge in [-0.05, 0) is 53.4 Å². The van der Waals surface area contributed by atoms with E-state index in [1.54, 1.807) is 4.90 Å². The average Bonchev–Trinajstić information content (AvgIpc) is 3.47. The van der Waals surface area contributed by atoms with Gasteiger partial charge < -0.3 is 9.72 Å². The lowest BCUT2D eigenvalue weighted by molar-refractivity contribution is 0.146. The molecule has 0 saturated heterocycles. The lowest BCUT2D eigenvalue weighted by Gasteiger charge is -2.31. The number of aromatic nitrogens is 2. The number of benzene rings is 3. The van der Waals surface area contributed by atoms with Crippen molar-refractivity contribution in [2.45, 2.75) is 78.7 Å². The van der Waals surface area contributed by atoms with Crippen LogP contribution < -0.4 is 4.90 Å². The molecule has 1 aromatic heterocycles. The van der Waals surface area contributed by atoms with E-state index in [-0.39, 0.29) is 23.5 Å². The molecule has 1 heterocycles. The Bertz CT molecular complexity index is 1440. The highest BCUT2D eigenvalue weighted by Crippen LogP contribution is 2.36. The van der Waals surface area contributed by atoms with Crippen LogP contribution in [-0.4, -0.2) is 22.6 Å². The Morgan fingerprint density at radius 3 is 2.23 bits per heavy atom. The molecule has 0 aliphatic heterocycles. The van der Waals surface area contributed by atoms with E-state index in [2.05, 4.69) is 69.7 Å². The summed E-state index contributed by atoms with van der Waals surface area (Å²) >= 11 is 0. The molecule has 4 aromatic rings. The van der Waals surface area contributed by atoms with Gasteiger partial charge in [-0.25, -0.2) is 9.78 Å². The van der Waals surface area contributed by atoms with Gasteiger partial charge in [0.15, 0.2) is 0 Å². The zero-order valence-corrected chi connectivity index (χ0v) is 25.0. The number of hydrogen-bond donors (Lipinski definition) is 1. The normalized spacial score (nSPS) is 11.9. The second-order valence-electron chi connectivity index (χ2n) is 11.7. The molecule has 1 amide bonds. The first kappa shape index (κ1) is 29.1. The quantitative estimate of drug-likeness (QED) is 0.219. The summed E-state index contributed by atoms with van der Waals surface area (Å²) in [6.45, 7) is 16.2. The molecule has 0 spiro atoms. The maximum absolute atomic E-state index is 13.5. The maximum atomic E-state index is 13.5. The van der Waals surface area contributed by atoms with E-state index in [4.69, 9.17) is 4.74 Å². The van der Waals surface area contributed by atoms with Crippen LogP contribution in [0.4, 0.5) is 10.5 Å². The van der Waals surface area contributed by atoms with Crippen LogP contribution >= 0.6 is 0 Å². The Balaban J connectivity index is 1.60. The number of rotatable bonds is 10. The molecule has 0 fully saturated rings. The van der Waals surface area contributed by atoms with Gasteiger partial charge in [0.2, 0.25) is 0 Å². The Morgan fingerprint density at radius 2 is 1.55 bits per heavy atom. The van der Waals surface area contributed by atoms with Crippen molar-refractivity contribution < 1.29 is 9.53 Å². The van der Waals surface area contributed by atoms with Crippen molar-refractivity contribution >= 4 is 11.8 Å². The van der Waals surface area contributed by atoms with Crippen molar-refractivity contribution in [3.63, 3.8) is 0 Å². The van der Waals surface area contributed by atoms with E-state index in [9.17, 15) is 4.79 Å². The molecule has 5 heteroatoms. The van der Waals surface area contributed by atoms with Gasteiger partial charge >= 0.3 is 6.09 Å². The fourth-order valence-electron chi connectivity index (χ4n) is 4.90. The van der Waals surface area contributed by atoms with Gasteiger partial charge in [0.25, 0.3) is 0 Å². The van der Waals surface area contributed by atoms with Crippen molar-refractivity contribution in [1.29, 1.82) is 0 Å². The summed E-state index contributed by atoms with van der Waals surface area (Å²) in [5, 5.41) is 0. The number of carbonyl (C=O) groups is 1. The molecule has 0 aliphatic carbocycles. The van der Waals surface area contributed by atoms with Crippen molar-refractivity contribution in [1.82, 2.24) is 9.97 Å². The predicted octanol–water partition coefficient (Wildman–Crippen LogP) is 9.28. The lowest BCUT2D eigenvalue weighted by Crippen LogP contribution is -2.32. The van der Waals surface area contributed by atoms with Gasteiger partial charge in [-0.2, -0.15) is 0 Å². The molecule has 1 N–H and O–H groups in total. The second-order valence-corrected chi connectivity index (χ2v) is 11.7. The smallest absolute Gasteiger partial charge is 0.414 e. The number of carbonyl (C=O) groups excluding carboxylic acids is 1.